The fraction of sp³-hybridized carbons (Fsp3) is 0.318. The van der Waals surface area contributed by atoms with Gasteiger partial charge in [0.2, 0.25) is 10.0 Å². The molecular formula is C22H23N3O2S2. The number of allylic oxidation sites excluding steroid dienone is 1. The van der Waals surface area contributed by atoms with E-state index in [1.165, 1.54) is 10.3 Å². The summed E-state index contributed by atoms with van der Waals surface area (Å²) in [4.78, 5) is 7.56. The van der Waals surface area contributed by atoms with E-state index in [1.54, 1.807) is 15.6 Å². The fourth-order valence-corrected chi connectivity index (χ4v) is 6.70. The number of hydrogen-bond donors (Lipinski definition) is 0. The maximum absolute atomic E-state index is 13.2. The molecule has 0 atom stereocenters. The van der Waals surface area contributed by atoms with Crippen LogP contribution in [0.15, 0.2) is 53.4 Å². The summed E-state index contributed by atoms with van der Waals surface area (Å²) in [5.74, 6) is 0. The third-order valence-electron chi connectivity index (χ3n) is 5.71. The van der Waals surface area contributed by atoms with Gasteiger partial charge in [0.25, 0.3) is 0 Å². The number of sulfonamides is 1. The van der Waals surface area contributed by atoms with Gasteiger partial charge in [0.15, 0.2) is 0 Å². The summed E-state index contributed by atoms with van der Waals surface area (Å²) in [6.07, 6.45) is 3.24. The predicted molar refractivity (Wildman–Crippen MR) is 118 cm³/mol. The highest BCUT2D eigenvalue weighted by atomic mass is 32.2. The summed E-state index contributed by atoms with van der Waals surface area (Å²) in [6.45, 7) is 3.32. The Bertz CT molecular complexity index is 1140. The quantitative estimate of drug-likeness (QED) is 0.639. The van der Waals surface area contributed by atoms with Crippen molar-refractivity contribution in [3.05, 3.63) is 69.6 Å². The van der Waals surface area contributed by atoms with E-state index in [2.05, 4.69) is 17.0 Å². The smallest absolute Gasteiger partial charge is 0.239 e. The summed E-state index contributed by atoms with van der Waals surface area (Å²) in [5, 5.41) is 1.09. The van der Waals surface area contributed by atoms with Gasteiger partial charge in [-0.2, -0.15) is 4.31 Å². The Morgan fingerprint density at radius 1 is 0.931 bits per heavy atom. The molecule has 1 aliphatic carbocycles. The molecule has 2 heterocycles. The Morgan fingerprint density at radius 2 is 1.69 bits per heavy atom. The summed E-state index contributed by atoms with van der Waals surface area (Å²) in [7, 11) is -3.39. The maximum atomic E-state index is 13.2. The van der Waals surface area contributed by atoms with Crippen molar-refractivity contribution in [3.63, 3.8) is 0 Å². The molecule has 0 bridgehead atoms. The van der Waals surface area contributed by atoms with E-state index in [-0.39, 0.29) is 0 Å². The second-order valence-electron chi connectivity index (χ2n) is 7.57. The lowest BCUT2D eigenvalue weighted by Gasteiger charge is -2.34. The second-order valence-corrected chi connectivity index (χ2v) is 10.7. The van der Waals surface area contributed by atoms with Crippen LogP contribution in [-0.4, -0.2) is 48.8 Å². The lowest BCUT2D eigenvalue weighted by atomic mass is 9.98. The van der Waals surface area contributed by atoms with Crippen LogP contribution in [0, 0.1) is 0 Å². The number of para-hydroxylation sites is 1. The minimum Gasteiger partial charge on any atom is -0.294 e. The molecule has 0 radical (unpaired) electrons. The highest BCUT2D eigenvalue weighted by Gasteiger charge is 2.31. The van der Waals surface area contributed by atoms with E-state index in [4.69, 9.17) is 4.98 Å². The molecule has 2 aromatic carbocycles. The molecule has 0 amide bonds. The Morgan fingerprint density at radius 3 is 2.52 bits per heavy atom. The van der Waals surface area contributed by atoms with Crippen LogP contribution in [-0.2, 0) is 23.0 Å². The molecule has 150 valence electrons. The van der Waals surface area contributed by atoms with Gasteiger partial charge >= 0.3 is 0 Å². The van der Waals surface area contributed by atoms with E-state index in [0.717, 1.165) is 42.1 Å². The molecule has 1 aliphatic heterocycles. The van der Waals surface area contributed by atoms with Gasteiger partial charge in [-0.15, -0.1) is 11.3 Å². The Balaban J connectivity index is 1.26. The predicted octanol–water partition coefficient (Wildman–Crippen LogP) is 3.73. The number of fused-ring (bicyclic) bond motifs is 2. The first-order valence-corrected chi connectivity index (χ1v) is 12.2. The topological polar surface area (TPSA) is 53.5 Å². The maximum Gasteiger partial charge on any atom is 0.239 e. The number of aryl methyl sites for hydroxylation is 1. The van der Waals surface area contributed by atoms with Crippen molar-refractivity contribution in [2.75, 3.05) is 26.2 Å². The van der Waals surface area contributed by atoms with Crippen molar-refractivity contribution in [1.29, 1.82) is 0 Å². The normalized spacial score (nSPS) is 18.6. The van der Waals surface area contributed by atoms with Gasteiger partial charge in [-0.25, -0.2) is 13.4 Å². The van der Waals surface area contributed by atoms with Gasteiger partial charge in [-0.1, -0.05) is 36.4 Å². The molecule has 1 aromatic heterocycles. The van der Waals surface area contributed by atoms with Crippen molar-refractivity contribution in [2.24, 2.45) is 0 Å². The van der Waals surface area contributed by atoms with Crippen LogP contribution in [0.3, 0.4) is 0 Å². The third kappa shape index (κ3) is 3.75. The number of aromatic nitrogens is 1. The lowest BCUT2D eigenvalue weighted by Crippen LogP contribution is -2.48. The SMILES string of the molecule is O=S(=O)(C1=Cc2ccccc2CC1)N1CCN(Cc2nc3ccccc3s2)CC1. The largest absolute Gasteiger partial charge is 0.294 e. The van der Waals surface area contributed by atoms with E-state index in [0.29, 0.717) is 24.4 Å². The van der Waals surface area contributed by atoms with Crippen molar-refractivity contribution >= 4 is 37.7 Å². The van der Waals surface area contributed by atoms with Crippen molar-refractivity contribution < 1.29 is 8.42 Å². The van der Waals surface area contributed by atoms with Gasteiger partial charge in [0.1, 0.15) is 5.01 Å². The van der Waals surface area contributed by atoms with Crippen LogP contribution in [0.5, 0.6) is 0 Å². The summed E-state index contributed by atoms with van der Waals surface area (Å²) in [5.41, 5.74) is 3.30. The zero-order chi connectivity index (χ0) is 19.8. The number of piperazine rings is 1. The molecule has 0 spiro atoms. The molecule has 3 aromatic rings. The van der Waals surface area contributed by atoms with Crippen LogP contribution >= 0.6 is 11.3 Å². The first kappa shape index (κ1) is 18.9. The van der Waals surface area contributed by atoms with Gasteiger partial charge in [0.05, 0.1) is 21.7 Å². The van der Waals surface area contributed by atoms with Gasteiger partial charge < -0.3 is 0 Å². The van der Waals surface area contributed by atoms with Gasteiger partial charge in [-0.05, 0) is 42.2 Å². The van der Waals surface area contributed by atoms with Gasteiger partial charge in [0, 0.05) is 26.2 Å². The van der Waals surface area contributed by atoms with Crippen LogP contribution in [0.25, 0.3) is 16.3 Å². The monoisotopic (exact) mass is 425 g/mol. The van der Waals surface area contributed by atoms with E-state index in [1.807, 2.05) is 42.5 Å². The average molecular weight is 426 g/mol. The molecular weight excluding hydrogens is 402 g/mol. The van der Waals surface area contributed by atoms with E-state index in [9.17, 15) is 8.42 Å². The first-order chi connectivity index (χ1) is 14.1. The first-order valence-electron chi connectivity index (χ1n) is 9.95. The molecule has 1 saturated heterocycles. The molecule has 29 heavy (non-hydrogen) atoms. The van der Waals surface area contributed by atoms with E-state index >= 15 is 0 Å². The molecule has 5 nitrogen and oxygen atoms in total. The average Bonchev–Trinajstić information content (AvgIpc) is 3.16. The van der Waals surface area contributed by atoms with Crippen LogP contribution in [0.4, 0.5) is 0 Å². The van der Waals surface area contributed by atoms with Crippen molar-refractivity contribution in [2.45, 2.75) is 19.4 Å². The van der Waals surface area contributed by atoms with Gasteiger partial charge in [-0.3, -0.25) is 4.90 Å². The Labute approximate surface area is 175 Å². The Kier molecular flexibility index (Phi) is 4.99. The summed E-state index contributed by atoms with van der Waals surface area (Å²) >= 11 is 1.72. The zero-order valence-electron chi connectivity index (χ0n) is 16.1. The third-order valence-corrected chi connectivity index (χ3v) is 8.76. The number of benzene rings is 2. The molecule has 7 heteroatoms. The molecule has 1 fully saturated rings. The minimum absolute atomic E-state index is 0.534. The van der Waals surface area contributed by atoms with Crippen LogP contribution in [0.2, 0.25) is 0 Å². The second kappa shape index (κ2) is 7.65. The number of nitrogens with zero attached hydrogens (tertiary/aromatic N) is 3. The standard InChI is InChI=1S/C22H23N3O2S2/c26-29(27,19-10-9-17-5-1-2-6-18(17)15-19)25-13-11-24(12-14-25)16-22-23-20-7-3-4-8-21(20)28-22/h1-8,15H,9-14,16H2. The summed E-state index contributed by atoms with van der Waals surface area (Å²) in [6, 6.07) is 16.2. The van der Waals surface area contributed by atoms with E-state index < -0.39 is 10.0 Å². The van der Waals surface area contributed by atoms with Crippen LogP contribution < -0.4 is 0 Å². The molecule has 0 N–H and O–H groups in total. The summed E-state index contributed by atoms with van der Waals surface area (Å²) < 4.78 is 29.2. The van der Waals surface area contributed by atoms with Crippen molar-refractivity contribution in [3.8, 4) is 0 Å². The number of rotatable bonds is 4. The Hall–Kier alpha value is -2.06. The highest BCUT2D eigenvalue weighted by molar-refractivity contribution is 7.93. The molecule has 2 aliphatic rings. The number of hydrogen-bond acceptors (Lipinski definition) is 5. The zero-order valence-corrected chi connectivity index (χ0v) is 17.8. The number of thiazole rings is 1. The molecule has 0 unspecified atom stereocenters. The van der Waals surface area contributed by atoms with Crippen molar-refractivity contribution in [1.82, 2.24) is 14.2 Å². The van der Waals surface area contributed by atoms with Crippen LogP contribution in [0.1, 0.15) is 22.6 Å². The molecule has 5 rings (SSSR count). The molecule has 0 saturated carbocycles. The fourth-order valence-electron chi connectivity index (χ4n) is 4.08. The lowest BCUT2D eigenvalue weighted by molar-refractivity contribution is 0.182. The highest BCUT2D eigenvalue weighted by Crippen LogP contribution is 2.29. The minimum atomic E-state index is -3.39.